The summed E-state index contributed by atoms with van der Waals surface area (Å²) in [5.41, 5.74) is 0. The number of rotatable bonds is 10. The van der Waals surface area contributed by atoms with E-state index in [1.54, 1.807) is 0 Å². The second kappa shape index (κ2) is 8.98. The largest absolute Gasteiger partial charge is 0.381 e. The molecule has 0 aliphatic rings. The average molecular weight is 306 g/mol. The molecule has 0 amide bonds. The molecule has 0 N–H and O–H groups in total. The maximum atomic E-state index is 11.2. The fourth-order valence-corrected chi connectivity index (χ4v) is 3.17. The fourth-order valence-electron chi connectivity index (χ4n) is 1.26. The molecule has 0 aliphatic carbocycles. The molecule has 0 saturated carbocycles. The molecule has 0 aromatic heterocycles. The molecule has 19 heavy (non-hydrogen) atoms. The van der Waals surface area contributed by atoms with E-state index in [9.17, 15) is 16.8 Å². The lowest BCUT2D eigenvalue weighted by atomic mass is 10.5. The zero-order chi connectivity index (χ0) is 14.8. The van der Waals surface area contributed by atoms with E-state index >= 15 is 0 Å². The Hall–Kier alpha value is -1.02. The molecule has 0 fully saturated rings. The molecule has 0 radical (unpaired) electrons. The summed E-state index contributed by atoms with van der Waals surface area (Å²) in [5.74, 6) is 3.60. The van der Waals surface area contributed by atoms with Crippen molar-refractivity contribution in [2.24, 2.45) is 0 Å². The molecule has 0 unspecified atom stereocenters. The molecule has 0 rings (SSSR count). The lowest BCUT2D eigenvalue weighted by Gasteiger charge is -2.04. The van der Waals surface area contributed by atoms with Crippen LogP contribution in [0.4, 0.5) is 0 Å². The summed E-state index contributed by atoms with van der Waals surface area (Å²) in [4.78, 5) is 0. The summed E-state index contributed by atoms with van der Waals surface area (Å²) >= 11 is 0. The maximum Gasteiger partial charge on any atom is 0.161 e. The second-order valence-electron chi connectivity index (χ2n) is 3.91. The first kappa shape index (κ1) is 18.0. The summed E-state index contributed by atoms with van der Waals surface area (Å²) < 4.78 is 50.1. The van der Waals surface area contributed by atoms with Gasteiger partial charge in [-0.15, -0.1) is 12.8 Å². The molecule has 0 aliphatic heterocycles. The highest BCUT2D eigenvalue weighted by Crippen LogP contribution is 1.97. The van der Waals surface area contributed by atoms with Crippen LogP contribution in [0.5, 0.6) is 0 Å². The van der Waals surface area contributed by atoms with Crippen LogP contribution >= 0.6 is 0 Å². The Morgan fingerprint density at radius 2 is 1.16 bits per heavy atom. The minimum Gasteiger partial charge on any atom is -0.381 e. The fraction of sp³-hybridized carbons (Fsp3) is 0.667. The molecular formula is C12H18O5S2. The first-order valence-electron chi connectivity index (χ1n) is 5.68. The zero-order valence-corrected chi connectivity index (χ0v) is 12.3. The topological polar surface area (TPSA) is 77.5 Å². The van der Waals surface area contributed by atoms with Crippen LogP contribution < -0.4 is 0 Å². The highest BCUT2D eigenvalue weighted by molar-refractivity contribution is 7.91. The molecule has 0 heterocycles. The van der Waals surface area contributed by atoms with Crippen molar-refractivity contribution in [2.75, 3.05) is 36.2 Å². The monoisotopic (exact) mass is 306 g/mol. The third kappa shape index (κ3) is 10.6. The predicted octanol–water partition coefficient (Wildman–Crippen LogP) is -0.121. The van der Waals surface area contributed by atoms with Crippen molar-refractivity contribution in [2.45, 2.75) is 12.8 Å². The minimum absolute atomic E-state index is 0.0212. The van der Waals surface area contributed by atoms with Crippen LogP contribution in [0.3, 0.4) is 0 Å². The smallest absolute Gasteiger partial charge is 0.161 e. The average Bonchev–Trinajstić information content (AvgIpc) is 2.27. The van der Waals surface area contributed by atoms with Crippen LogP contribution in [0.2, 0.25) is 0 Å². The third-order valence-electron chi connectivity index (χ3n) is 2.09. The lowest BCUT2D eigenvalue weighted by molar-refractivity contribution is 0.136. The van der Waals surface area contributed by atoms with Gasteiger partial charge in [0.15, 0.2) is 19.7 Å². The van der Waals surface area contributed by atoms with Gasteiger partial charge in [-0.3, -0.25) is 0 Å². The Kier molecular flexibility index (Phi) is 8.49. The molecule has 7 heteroatoms. The molecule has 0 saturated heterocycles. The Bertz CT molecular complexity index is 482. The highest BCUT2D eigenvalue weighted by atomic mass is 32.2. The molecule has 0 aromatic rings. The molecule has 0 bridgehead atoms. The van der Waals surface area contributed by atoms with E-state index in [0.717, 1.165) is 0 Å². The van der Waals surface area contributed by atoms with Gasteiger partial charge in [0.05, 0.1) is 11.5 Å². The Morgan fingerprint density at radius 1 is 0.789 bits per heavy atom. The SMILES string of the molecule is C#CCS(=O)(=O)CCCOCCCS(=O)(=O)CC#C. The van der Waals surface area contributed by atoms with Crippen molar-refractivity contribution < 1.29 is 21.6 Å². The van der Waals surface area contributed by atoms with E-state index in [4.69, 9.17) is 17.6 Å². The van der Waals surface area contributed by atoms with Crippen LogP contribution in [0.1, 0.15) is 12.8 Å². The summed E-state index contributed by atoms with van der Waals surface area (Å²) in [5, 5.41) is 0. The molecule has 0 aromatic carbocycles. The molecule has 5 nitrogen and oxygen atoms in total. The Labute approximate surface area is 115 Å². The summed E-state index contributed by atoms with van der Waals surface area (Å²) in [6, 6.07) is 0. The first-order chi connectivity index (χ1) is 8.83. The van der Waals surface area contributed by atoms with Gasteiger partial charge < -0.3 is 4.74 Å². The number of sulfone groups is 2. The number of hydrogen-bond donors (Lipinski definition) is 0. The third-order valence-corrected chi connectivity index (χ3v) is 5.13. The van der Waals surface area contributed by atoms with Gasteiger partial charge in [-0.25, -0.2) is 16.8 Å². The van der Waals surface area contributed by atoms with E-state index in [1.807, 2.05) is 0 Å². The van der Waals surface area contributed by atoms with E-state index in [1.165, 1.54) is 0 Å². The van der Waals surface area contributed by atoms with Crippen LogP contribution in [0, 0.1) is 24.7 Å². The van der Waals surface area contributed by atoms with Gasteiger partial charge in [0.2, 0.25) is 0 Å². The Balaban J connectivity index is 3.64. The zero-order valence-electron chi connectivity index (χ0n) is 10.7. The van der Waals surface area contributed by atoms with E-state index in [-0.39, 0.29) is 36.2 Å². The summed E-state index contributed by atoms with van der Waals surface area (Å²) in [6.07, 6.45) is 10.5. The number of terminal acetylenes is 2. The summed E-state index contributed by atoms with van der Waals surface area (Å²) in [6.45, 7) is 0.526. The van der Waals surface area contributed by atoms with Gasteiger partial charge in [0.1, 0.15) is 11.5 Å². The van der Waals surface area contributed by atoms with Gasteiger partial charge >= 0.3 is 0 Å². The molecule has 0 atom stereocenters. The Morgan fingerprint density at radius 3 is 1.47 bits per heavy atom. The van der Waals surface area contributed by atoms with Crippen molar-refractivity contribution >= 4 is 19.7 Å². The van der Waals surface area contributed by atoms with Gasteiger partial charge in [0.25, 0.3) is 0 Å². The normalized spacial score (nSPS) is 11.7. The van der Waals surface area contributed by atoms with Crippen LogP contribution in [-0.4, -0.2) is 53.1 Å². The van der Waals surface area contributed by atoms with Crippen molar-refractivity contribution in [3.63, 3.8) is 0 Å². The minimum atomic E-state index is -3.19. The quantitative estimate of drug-likeness (QED) is 0.415. The maximum absolute atomic E-state index is 11.2. The van der Waals surface area contributed by atoms with Gasteiger partial charge in [-0.2, -0.15) is 0 Å². The van der Waals surface area contributed by atoms with Gasteiger partial charge in [-0.05, 0) is 12.8 Å². The van der Waals surface area contributed by atoms with E-state index < -0.39 is 19.7 Å². The van der Waals surface area contributed by atoms with Gasteiger partial charge in [0, 0.05) is 13.2 Å². The van der Waals surface area contributed by atoms with Crippen molar-refractivity contribution in [3.05, 3.63) is 0 Å². The molecule has 0 spiro atoms. The van der Waals surface area contributed by atoms with Crippen LogP contribution in [0.15, 0.2) is 0 Å². The lowest BCUT2D eigenvalue weighted by Crippen LogP contribution is -2.14. The number of hydrogen-bond acceptors (Lipinski definition) is 5. The van der Waals surface area contributed by atoms with Crippen molar-refractivity contribution in [1.29, 1.82) is 0 Å². The molecular weight excluding hydrogens is 288 g/mol. The first-order valence-corrected chi connectivity index (χ1v) is 9.33. The van der Waals surface area contributed by atoms with E-state index in [0.29, 0.717) is 12.8 Å². The predicted molar refractivity (Wildman–Crippen MR) is 75.0 cm³/mol. The molecule has 108 valence electrons. The van der Waals surface area contributed by atoms with Crippen LogP contribution in [-0.2, 0) is 24.4 Å². The van der Waals surface area contributed by atoms with E-state index in [2.05, 4.69) is 11.8 Å². The van der Waals surface area contributed by atoms with Crippen molar-refractivity contribution in [3.8, 4) is 24.7 Å². The summed E-state index contributed by atoms with van der Waals surface area (Å²) in [7, 11) is -6.38. The highest BCUT2D eigenvalue weighted by Gasteiger charge is 2.09. The number of ether oxygens (including phenoxy) is 1. The second-order valence-corrected chi connectivity index (χ2v) is 8.28. The van der Waals surface area contributed by atoms with Gasteiger partial charge in [-0.1, -0.05) is 11.8 Å². The standard InChI is InChI=1S/C12H18O5S2/c1-3-9-18(13,14)11-5-7-17-8-6-12-19(15,16)10-4-2/h1-2H,5-12H2. The van der Waals surface area contributed by atoms with Crippen LogP contribution in [0.25, 0.3) is 0 Å². The van der Waals surface area contributed by atoms with Crippen molar-refractivity contribution in [1.82, 2.24) is 0 Å².